The first-order chi connectivity index (χ1) is 13.5. The zero-order valence-corrected chi connectivity index (χ0v) is 20.3. The van der Waals surface area contributed by atoms with Crippen LogP contribution in [0.25, 0.3) is 0 Å². The summed E-state index contributed by atoms with van der Waals surface area (Å²) in [7, 11) is 9.15. The molecule has 1 rings (SSSR count). The van der Waals surface area contributed by atoms with E-state index in [0.29, 0.717) is 0 Å². The molecule has 0 aliphatic heterocycles. The number of unbranched alkanes of at least 4 members (excludes halogenated alkanes) is 4. The second-order valence-electron chi connectivity index (χ2n) is 9.60. The van der Waals surface area contributed by atoms with Gasteiger partial charge in [0.25, 0.3) is 0 Å². The Bertz CT molecular complexity index is 363. The van der Waals surface area contributed by atoms with Crippen LogP contribution in [-0.4, -0.2) is 100 Å². The molecule has 0 heterocycles. The molecule has 2 unspecified atom stereocenters. The van der Waals surface area contributed by atoms with Gasteiger partial charge in [-0.15, -0.1) is 0 Å². The zero-order chi connectivity index (χ0) is 20.8. The minimum Gasteiger partial charge on any atom is -0.307 e. The Labute approximate surface area is 177 Å². The second-order valence-corrected chi connectivity index (χ2v) is 9.60. The van der Waals surface area contributed by atoms with Crippen LogP contribution in [0, 0.1) is 11.8 Å². The molecule has 0 amide bonds. The Balaban J connectivity index is 1.97. The number of hydrogen-bond acceptors (Lipinski definition) is 4. The van der Waals surface area contributed by atoms with Crippen molar-refractivity contribution in [3.63, 3.8) is 0 Å². The van der Waals surface area contributed by atoms with Crippen molar-refractivity contribution in [1.82, 2.24) is 19.6 Å². The van der Waals surface area contributed by atoms with E-state index < -0.39 is 0 Å². The van der Waals surface area contributed by atoms with E-state index in [1.165, 1.54) is 104 Å². The van der Waals surface area contributed by atoms with Crippen molar-refractivity contribution >= 4 is 0 Å². The third-order valence-electron chi connectivity index (χ3n) is 6.50. The molecule has 1 aliphatic carbocycles. The van der Waals surface area contributed by atoms with Crippen molar-refractivity contribution in [3.05, 3.63) is 0 Å². The molecule has 28 heavy (non-hydrogen) atoms. The summed E-state index contributed by atoms with van der Waals surface area (Å²) in [4.78, 5) is 10.1. The Morgan fingerprint density at radius 1 is 0.536 bits per heavy atom. The van der Waals surface area contributed by atoms with Crippen LogP contribution in [0.2, 0.25) is 0 Å². The van der Waals surface area contributed by atoms with E-state index in [-0.39, 0.29) is 0 Å². The first kappa shape index (κ1) is 25.9. The predicted molar refractivity (Wildman–Crippen MR) is 125 cm³/mol. The van der Waals surface area contributed by atoms with Gasteiger partial charge in [0.1, 0.15) is 0 Å². The highest BCUT2D eigenvalue weighted by Crippen LogP contribution is 2.39. The van der Waals surface area contributed by atoms with Gasteiger partial charge in [-0.2, -0.15) is 0 Å². The Morgan fingerprint density at radius 2 is 0.929 bits per heavy atom. The molecule has 0 radical (unpaired) electrons. The van der Waals surface area contributed by atoms with Crippen LogP contribution in [0.3, 0.4) is 0 Å². The summed E-state index contributed by atoms with van der Waals surface area (Å²) in [5.74, 6) is 1.91. The maximum absolute atomic E-state index is 2.59. The van der Waals surface area contributed by atoms with Crippen LogP contribution < -0.4 is 0 Å². The van der Waals surface area contributed by atoms with E-state index in [1.54, 1.807) is 0 Å². The molecule has 4 heteroatoms. The maximum atomic E-state index is 2.59. The smallest absolute Gasteiger partial charge is 0.000985 e. The van der Waals surface area contributed by atoms with Gasteiger partial charge in [-0.1, -0.05) is 26.7 Å². The van der Waals surface area contributed by atoms with Gasteiger partial charge >= 0.3 is 0 Å². The van der Waals surface area contributed by atoms with Crippen LogP contribution in [0.4, 0.5) is 0 Å². The van der Waals surface area contributed by atoms with E-state index in [2.05, 4.69) is 61.6 Å². The molecule has 168 valence electrons. The monoisotopic (exact) mass is 396 g/mol. The van der Waals surface area contributed by atoms with Crippen molar-refractivity contribution in [2.75, 3.05) is 80.5 Å². The Morgan fingerprint density at radius 3 is 1.36 bits per heavy atom. The van der Waals surface area contributed by atoms with Crippen molar-refractivity contribution < 1.29 is 0 Å². The first-order valence-corrected chi connectivity index (χ1v) is 12.2. The molecule has 2 atom stereocenters. The third kappa shape index (κ3) is 13.1. The van der Waals surface area contributed by atoms with Gasteiger partial charge in [0.05, 0.1) is 0 Å². The highest BCUT2D eigenvalue weighted by atomic mass is 15.1. The fraction of sp³-hybridized carbons (Fsp3) is 1.00. The highest BCUT2D eigenvalue weighted by Gasteiger charge is 2.37. The van der Waals surface area contributed by atoms with Gasteiger partial charge in [0.15, 0.2) is 0 Å². The molecule has 0 bridgehead atoms. The standard InChI is InChI=1S/C24H52N4/c1-7-9-10-16-26(4)17-12-14-19-28(6)22-24-20-23(24)21-27(5)18-13-11-15-25(3)8-2/h23-24H,7-22H2,1-6H3. The average molecular weight is 397 g/mol. The van der Waals surface area contributed by atoms with Crippen LogP contribution in [0.15, 0.2) is 0 Å². The summed E-state index contributed by atoms with van der Waals surface area (Å²) < 4.78 is 0. The lowest BCUT2D eigenvalue weighted by Crippen LogP contribution is -2.27. The van der Waals surface area contributed by atoms with Crippen LogP contribution in [-0.2, 0) is 0 Å². The predicted octanol–water partition coefficient (Wildman–Crippen LogP) is 4.12. The molecule has 0 N–H and O–H groups in total. The number of rotatable bonds is 19. The summed E-state index contributed by atoms with van der Waals surface area (Å²) >= 11 is 0. The number of hydrogen-bond donors (Lipinski definition) is 0. The summed E-state index contributed by atoms with van der Waals surface area (Å²) in [6.45, 7) is 14.6. The lowest BCUT2D eigenvalue weighted by atomic mass is 10.2. The Kier molecular flexibility index (Phi) is 14.5. The molecule has 1 fully saturated rings. The van der Waals surface area contributed by atoms with Crippen molar-refractivity contribution in [2.24, 2.45) is 11.8 Å². The second kappa shape index (κ2) is 15.6. The van der Waals surface area contributed by atoms with Gasteiger partial charge in [0, 0.05) is 13.1 Å². The van der Waals surface area contributed by atoms with Gasteiger partial charge < -0.3 is 19.6 Å². The van der Waals surface area contributed by atoms with E-state index >= 15 is 0 Å². The molecule has 0 aromatic heterocycles. The normalized spacial score (nSPS) is 19.5. The highest BCUT2D eigenvalue weighted by molar-refractivity contribution is 4.89. The molecule has 0 aromatic rings. The first-order valence-electron chi connectivity index (χ1n) is 12.2. The van der Waals surface area contributed by atoms with Crippen LogP contribution in [0.1, 0.15) is 65.2 Å². The van der Waals surface area contributed by atoms with E-state index in [4.69, 9.17) is 0 Å². The van der Waals surface area contributed by atoms with Gasteiger partial charge in [0.2, 0.25) is 0 Å². The molecule has 0 aromatic carbocycles. The molecule has 1 saturated carbocycles. The topological polar surface area (TPSA) is 13.0 Å². The van der Waals surface area contributed by atoms with Crippen molar-refractivity contribution in [2.45, 2.75) is 65.2 Å². The lowest BCUT2D eigenvalue weighted by molar-refractivity contribution is 0.265. The third-order valence-corrected chi connectivity index (χ3v) is 6.50. The molecular formula is C24H52N4. The molecule has 0 spiro atoms. The molecule has 1 aliphatic rings. The van der Waals surface area contributed by atoms with Crippen LogP contribution in [0.5, 0.6) is 0 Å². The molecule has 4 nitrogen and oxygen atoms in total. The summed E-state index contributed by atoms with van der Waals surface area (Å²) in [6.07, 6.45) is 10.9. The van der Waals surface area contributed by atoms with Gasteiger partial charge in [-0.25, -0.2) is 0 Å². The zero-order valence-electron chi connectivity index (χ0n) is 20.3. The molecule has 0 saturated heterocycles. The summed E-state index contributed by atoms with van der Waals surface area (Å²) in [5, 5.41) is 0. The van der Waals surface area contributed by atoms with E-state index in [1.807, 2.05) is 0 Å². The SMILES string of the molecule is CCCCCN(C)CCCCN(C)CC1CC1CN(C)CCCCN(C)CC. The largest absolute Gasteiger partial charge is 0.307 e. The molecular weight excluding hydrogens is 344 g/mol. The summed E-state index contributed by atoms with van der Waals surface area (Å²) in [6, 6.07) is 0. The van der Waals surface area contributed by atoms with Crippen molar-refractivity contribution in [1.29, 1.82) is 0 Å². The quantitative estimate of drug-likeness (QED) is 0.304. The van der Waals surface area contributed by atoms with Crippen LogP contribution >= 0.6 is 0 Å². The fourth-order valence-electron chi connectivity index (χ4n) is 4.17. The number of nitrogens with zero attached hydrogens (tertiary/aromatic N) is 4. The fourth-order valence-corrected chi connectivity index (χ4v) is 4.17. The minimum atomic E-state index is 0.954. The van der Waals surface area contributed by atoms with E-state index in [9.17, 15) is 0 Å². The summed E-state index contributed by atoms with van der Waals surface area (Å²) in [5.41, 5.74) is 0. The average Bonchev–Trinajstić information content (AvgIpc) is 3.39. The van der Waals surface area contributed by atoms with Gasteiger partial charge in [-0.05, 0) is 118 Å². The Hall–Kier alpha value is -0.160. The van der Waals surface area contributed by atoms with E-state index in [0.717, 1.165) is 11.8 Å². The van der Waals surface area contributed by atoms with Crippen molar-refractivity contribution in [3.8, 4) is 0 Å². The lowest BCUT2D eigenvalue weighted by Gasteiger charge is -2.20. The minimum absolute atomic E-state index is 0.954. The van der Waals surface area contributed by atoms with Gasteiger partial charge in [-0.3, -0.25) is 0 Å². The maximum Gasteiger partial charge on any atom is 0.000985 e.